The highest BCUT2D eigenvalue weighted by molar-refractivity contribution is 6.03. The number of para-hydroxylation sites is 1. The van der Waals surface area contributed by atoms with Gasteiger partial charge in [0.2, 0.25) is 0 Å². The van der Waals surface area contributed by atoms with Gasteiger partial charge < -0.3 is 4.90 Å². The summed E-state index contributed by atoms with van der Waals surface area (Å²) in [6, 6.07) is 102. The molecule has 14 rings (SSSR count). The van der Waals surface area contributed by atoms with Gasteiger partial charge in [-0.2, -0.15) is 0 Å². The highest BCUT2D eigenvalue weighted by atomic mass is 15.1. The highest BCUT2D eigenvalue weighted by Crippen LogP contribution is 2.66. The number of benzene rings is 11. The van der Waals surface area contributed by atoms with Crippen molar-refractivity contribution in [1.82, 2.24) is 0 Å². The average Bonchev–Trinajstić information content (AvgIpc) is 4.02. The molecule has 0 N–H and O–H groups in total. The van der Waals surface area contributed by atoms with Gasteiger partial charge in [-0.3, -0.25) is 0 Å². The molecule has 1 spiro atoms. The number of anilines is 3. The largest absolute Gasteiger partial charge is 0.309 e. The van der Waals surface area contributed by atoms with Gasteiger partial charge >= 0.3 is 0 Å². The summed E-state index contributed by atoms with van der Waals surface area (Å²) in [5.74, 6) is 0. The lowest BCUT2D eigenvalue weighted by Crippen LogP contribution is -2.28. The van der Waals surface area contributed by atoms with Gasteiger partial charge in [-0.05, 0) is 119 Å². The number of fused-ring (bicyclic) bond motifs is 13. The van der Waals surface area contributed by atoms with Crippen LogP contribution in [0.1, 0.15) is 44.5 Å². The van der Waals surface area contributed by atoms with E-state index in [-0.39, 0.29) is 0 Å². The summed E-state index contributed by atoms with van der Waals surface area (Å²) < 4.78 is 0. The van der Waals surface area contributed by atoms with E-state index in [9.17, 15) is 0 Å². The van der Waals surface area contributed by atoms with Crippen LogP contribution in [-0.4, -0.2) is 0 Å². The Hall–Kier alpha value is -8.78. The minimum absolute atomic E-state index is 0.525. The molecule has 0 radical (unpaired) electrons. The molecule has 11 aromatic rings. The van der Waals surface area contributed by atoms with Crippen LogP contribution in [0.25, 0.3) is 55.6 Å². The van der Waals surface area contributed by atoms with Gasteiger partial charge in [0.1, 0.15) is 0 Å². The first-order valence-corrected chi connectivity index (χ1v) is 24.1. The van der Waals surface area contributed by atoms with Crippen LogP contribution < -0.4 is 4.90 Å². The van der Waals surface area contributed by atoms with Gasteiger partial charge in [-0.15, -0.1) is 0 Å². The maximum Gasteiger partial charge on any atom is 0.0726 e. The molecule has 0 fully saturated rings. The molecule has 0 aromatic heterocycles. The Bertz CT molecular complexity index is 3740. The normalized spacial score (nSPS) is 15.1. The molecule has 0 aliphatic heterocycles. The van der Waals surface area contributed by atoms with Crippen LogP contribution in [0.3, 0.4) is 0 Å². The number of nitrogens with zero attached hydrogens (tertiary/aromatic N) is 1. The van der Waals surface area contributed by atoms with Crippen LogP contribution >= 0.6 is 0 Å². The molecule has 3 aliphatic carbocycles. The van der Waals surface area contributed by atoms with Gasteiger partial charge in [-0.25, -0.2) is 0 Å². The number of hydrogen-bond donors (Lipinski definition) is 0. The average molecular weight is 876 g/mol. The molecule has 0 amide bonds. The summed E-state index contributed by atoms with van der Waals surface area (Å²) in [6.45, 7) is 0. The fourth-order valence-electron chi connectivity index (χ4n) is 12.7. The maximum absolute atomic E-state index is 2.57. The van der Waals surface area contributed by atoms with E-state index in [1.807, 2.05) is 0 Å². The monoisotopic (exact) mass is 875 g/mol. The fraction of sp³-hybridized carbons (Fsp3) is 0.0294. The van der Waals surface area contributed by atoms with E-state index in [2.05, 4.69) is 278 Å². The van der Waals surface area contributed by atoms with E-state index in [0.717, 1.165) is 17.1 Å². The molecule has 11 aromatic carbocycles. The van der Waals surface area contributed by atoms with Crippen molar-refractivity contribution in [2.45, 2.75) is 10.8 Å². The van der Waals surface area contributed by atoms with E-state index in [0.29, 0.717) is 0 Å². The Kier molecular flexibility index (Phi) is 8.78. The molecule has 0 saturated carbocycles. The van der Waals surface area contributed by atoms with Gasteiger partial charge in [0.05, 0.1) is 22.2 Å². The lowest BCUT2D eigenvalue weighted by atomic mass is 9.67. The minimum atomic E-state index is -0.555. The van der Waals surface area contributed by atoms with Crippen LogP contribution in [0.4, 0.5) is 17.1 Å². The quantitative estimate of drug-likeness (QED) is 0.154. The van der Waals surface area contributed by atoms with Crippen molar-refractivity contribution < 1.29 is 0 Å². The van der Waals surface area contributed by atoms with Crippen molar-refractivity contribution in [2.75, 3.05) is 4.90 Å². The van der Waals surface area contributed by atoms with Gasteiger partial charge in [0, 0.05) is 16.8 Å². The van der Waals surface area contributed by atoms with Crippen LogP contribution in [-0.2, 0) is 10.8 Å². The first-order chi connectivity index (χ1) is 34.3. The molecule has 1 heteroatoms. The Morgan fingerprint density at radius 2 is 0.696 bits per heavy atom. The molecule has 0 heterocycles. The highest BCUT2D eigenvalue weighted by Gasteiger charge is 2.53. The zero-order chi connectivity index (χ0) is 45.5. The zero-order valence-corrected chi connectivity index (χ0v) is 37.9. The summed E-state index contributed by atoms with van der Waals surface area (Å²) in [5, 5.41) is 0. The van der Waals surface area contributed by atoms with E-state index in [4.69, 9.17) is 0 Å². The minimum Gasteiger partial charge on any atom is -0.309 e. The summed E-state index contributed by atoms with van der Waals surface area (Å²) in [7, 11) is 0. The second kappa shape index (κ2) is 15.4. The van der Waals surface area contributed by atoms with Crippen LogP contribution in [0.2, 0.25) is 0 Å². The molecule has 1 atom stereocenters. The molecule has 0 bridgehead atoms. The number of rotatable bonds is 7. The zero-order valence-electron chi connectivity index (χ0n) is 37.9. The van der Waals surface area contributed by atoms with Gasteiger partial charge in [0.15, 0.2) is 0 Å². The van der Waals surface area contributed by atoms with E-state index < -0.39 is 10.8 Å². The first-order valence-electron chi connectivity index (χ1n) is 24.1. The summed E-state index contributed by atoms with van der Waals surface area (Å²) in [6.07, 6.45) is 0. The van der Waals surface area contributed by atoms with Crippen molar-refractivity contribution in [3.05, 3.63) is 317 Å². The second-order valence-corrected chi connectivity index (χ2v) is 18.6. The predicted octanol–water partition coefficient (Wildman–Crippen LogP) is 17.2. The SMILES string of the molecule is c1ccc(-c2ccc3c(c2)-c2ccccc2C32c3ccccc3-c3c(N(c4ccc5c(c4)C(c4ccccc4)(c4ccccc4)c4ccccc4-5)c4ccccc4-c4ccccc4)cccc32)cc1. The first kappa shape index (κ1) is 39.4. The Labute approximate surface area is 403 Å². The van der Waals surface area contributed by atoms with Gasteiger partial charge in [0.25, 0.3) is 0 Å². The Morgan fingerprint density at radius 3 is 1.36 bits per heavy atom. The molecule has 1 unspecified atom stereocenters. The smallest absolute Gasteiger partial charge is 0.0726 e. The van der Waals surface area contributed by atoms with Crippen LogP contribution in [0.15, 0.2) is 273 Å². The Morgan fingerprint density at radius 1 is 0.232 bits per heavy atom. The van der Waals surface area contributed by atoms with Crippen molar-refractivity contribution in [3.8, 4) is 55.6 Å². The molecule has 1 nitrogen and oxygen atoms in total. The van der Waals surface area contributed by atoms with Crippen molar-refractivity contribution in [1.29, 1.82) is 0 Å². The lowest BCUT2D eigenvalue weighted by molar-refractivity contribution is 0.768. The number of hydrogen-bond acceptors (Lipinski definition) is 1. The fourth-order valence-corrected chi connectivity index (χ4v) is 12.7. The molecular weight excluding hydrogens is 831 g/mol. The lowest BCUT2D eigenvalue weighted by Gasteiger charge is -2.35. The van der Waals surface area contributed by atoms with Crippen molar-refractivity contribution >= 4 is 17.1 Å². The van der Waals surface area contributed by atoms with Gasteiger partial charge in [-0.1, -0.05) is 243 Å². The predicted molar refractivity (Wildman–Crippen MR) is 286 cm³/mol. The van der Waals surface area contributed by atoms with Crippen molar-refractivity contribution in [2.24, 2.45) is 0 Å². The third-order valence-electron chi connectivity index (χ3n) is 15.4. The molecular formula is C68H45N. The Balaban J connectivity index is 1.07. The maximum atomic E-state index is 2.57. The van der Waals surface area contributed by atoms with E-state index in [1.54, 1.807) is 0 Å². The molecule has 0 saturated heterocycles. The molecule has 3 aliphatic rings. The molecule has 69 heavy (non-hydrogen) atoms. The van der Waals surface area contributed by atoms with E-state index >= 15 is 0 Å². The van der Waals surface area contributed by atoms with Crippen LogP contribution in [0.5, 0.6) is 0 Å². The van der Waals surface area contributed by atoms with E-state index in [1.165, 1.54) is 100 Å². The van der Waals surface area contributed by atoms with Crippen LogP contribution in [0, 0.1) is 0 Å². The summed E-state index contributed by atoms with van der Waals surface area (Å²) in [4.78, 5) is 2.57. The topological polar surface area (TPSA) is 3.24 Å². The summed E-state index contributed by atoms with van der Waals surface area (Å²) >= 11 is 0. The third kappa shape index (κ3) is 5.53. The standard InChI is InChI=1S/C68H45N/c1-5-22-46(23-6-1)48-40-43-61-57(44-48)54-32-14-18-35-59(54)68(61)60-36-19-15-33-56(60)66-62(68)37-21-39-65(66)69(64-38-20-16-30-52(64)47-24-7-2-8-25-47)51-41-42-55-53-31-13-17-34-58(53)67(63(55)45-51,49-26-9-3-10-27-49)50-28-11-4-12-29-50/h1-45H. The summed E-state index contributed by atoms with van der Waals surface area (Å²) in [5.41, 5.74) is 25.1. The second-order valence-electron chi connectivity index (χ2n) is 18.6. The molecule has 322 valence electrons. The van der Waals surface area contributed by atoms with Crippen molar-refractivity contribution in [3.63, 3.8) is 0 Å². The third-order valence-corrected chi connectivity index (χ3v) is 15.4.